The first-order chi connectivity index (χ1) is 9.47. The molecule has 0 saturated carbocycles. The van der Waals surface area contributed by atoms with E-state index >= 15 is 0 Å². The Bertz CT molecular complexity index is 425. The number of benzene rings is 1. The van der Waals surface area contributed by atoms with Gasteiger partial charge in [0.1, 0.15) is 5.82 Å². The summed E-state index contributed by atoms with van der Waals surface area (Å²) in [6.45, 7) is 9.97. The minimum Gasteiger partial charge on any atom is -0.324 e. The van der Waals surface area contributed by atoms with E-state index in [4.69, 9.17) is 5.73 Å². The quantitative estimate of drug-likeness (QED) is 0.914. The molecule has 0 spiro atoms. The van der Waals surface area contributed by atoms with Gasteiger partial charge in [0, 0.05) is 31.2 Å². The van der Waals surface area contributed by atoms with E-state index in [2.05, 4.69) is 25.7 Å². The van der Waals surface area contributed by atoms with Gasteiger partial charge in [-0.05, 0) is 30.2 Å². The fourth-order valence-corrected chi connectivity index (χ4v) is 3.51. The van der Waals surface area contributed by atoms with Crippen molar-refractivity contribution < 1.29 is 4.39 Å². The van der Waals surface area contributed by atoms with Crippen molar-refractivity contribution in [2.45, 2.75) is 33.2 Å². The molecule has 1 aromatic rings. The molecule has 2 rings (SSSR count). The summed E-state index contributed by atoms with van der Waals surface area (Å²) in [6.07, 6.45) is 1.31. The zero-order valence-corrected chi connectivity index (χ0v) is 12.8. The molecule has 1 aromatic carbocycles. The van der Waals surface area contributed by atoms with Gasteiger partial charge in [-0.15, -0.1) is 0 Å². The minimum absolute atomic E-state index is 0.188. The van der Waals surface area contributed by atoms with E-state index in [0.29, 0.717) is 5.56 Å². The summed E-state index contributed by atoms with van der Waals surface area (Å²) >= 11 is 0. The number of rotatable bonds is 4. The van der Waals surface area contributed by atoms with Crippen molar-refractivity contribution >= 4 is 0 Å². The predicted octanol–water partition coefficient (Wildman–Crippen LogP) is 3.44. The third-order valence-corrected chi connectivity index (χ3v) is 4.37. The van der Waals surface area contributed by atoms with Crippen molar-refractivity contribution in [2.75, 3.05) is 19.6 Å². The summed E-state index contributed by atoms with van der Waals surface area (Å²) in [5, 5.41) is 0. The zero-order valence-electron chi connectivity index (χ0n) is 12.8. The first kappa shape index (κ1) is 15.5. The number of hydrogen-bond donors (Lipinski definition) is 1. The maximum atomic E-state index is 13.8. The topological polar surface area (TPSA) is 29.3 Å². The number of piperidine rings is 1. The van der Waals surface area contributed by atoms with E-state index in [9.17, 15) is 4.39 Å². The first-order valence-electron chi connectivity index (χ1n) is 7.69. The van der Waals surface area contributed by atoms with E-state index in [1.54, 1.807) is 12.1 Å². The van der Waals surface area contributed by atoms with Gasteiger partial charge in [-0.1, -0.05) is 39.0 Å². The van der Waals surface area contributed by atoms with Gasteiger partial charge in [-0.2, -0.15) is 0 Å². The standard InChI is InChI=1S/C17H27FN2/c1-12-8-13(2)10-20(9-12)11-14(3)17(19)15-6-4-5-7-16(15)18/h4-7,12-14,17H,8-11,19H2,1-3H3. The molecule has 0 radical (unpaired) electrons. The van der Waals surface area contributed by atoms with Gasteiger partial charge in [-0.25, -0.2) is 4.39 Å². The minimum atomic E-state index is -0.233. The largest absolute Gasteiger partial charge is 0.324 e. The van der Waals surface area contributed by atoms with E-state index in [1.807, 2.05) is 6.07 Å². The van der Waals surface area contributed by atoms with E-state index in [0.717, 1.165) is 31.5 Å². The average molecular weight is 278 g/mol. The van der Waals surface area contributed by atoms with Crippen LogP contribution in [0.5, 0.6) is 0 Å². The SMILES string of the molecule is CC1CC(C)CN(CC(C)C(N)c2ccccc2F)C1. The molecule has 3 heteroatoms. The summed E-state index contributed by atoms with van der Waals surface area (Å²) in [4.78, 5) is 2.49. The summed E-state index contributed by atoms with van der Waals surface area (Å²) in [7, 11) is 0. The average Bonchev–Trinajstić information content (AvgIpc) is 2.37. The second-order valence-corrected chi connectivity index (χ2v) is 6.69. The van der Waals surface area contributed by atoms with Crippen LogP contribution in [0, 0.1) is 23.6 Å². The molecule has 1 aliphatic heterocycles. The van der Waals surface area contributed by atoms with Gasteiger partial charge >= 0.3 is 0 Å². The molecule has 0 aliphatic carbocycles. The number of nitrogens with two attached hydrogens (primary N) is 1. The lowest BCUT2D eigenvalue weighted by Crippen LogP contribution is -2.42. The summed E-state index contributed by atoms with van der Waals surface area (Å²) in [5.41, 5.74) is 6.90. The normalized spacial score (nSPS) is 27.2. The lowest BCUT2D eigenvalue weighted by Gasteiger charge is -2.37. The highest BCUT2D eigenvalue weighted by atomic mass is 19.1. The van der Waals surface area contributed by atoms with Crippen LogP contribution < -0.4 is 5.73 Å². The Morgan fingerprint density at radius 3 is 2.45 bits per heavy atom. The Labute approximate surface area is 122 Å². The van der Waals surface area contributed by atoms with Crippen LogP contribution in [0.4, 0.5) is 4.39 Å². The number of hydrogen-bond acceptors (Lipinski definition) is 2. The second-order valence-electron chi connectivity index (χ2n) is 6.69. The highest BCUT2D eigenvalue weighted by Gasteiger charge is 2.25. The highest BCUT2D eigenvalue weighted by molar-refractivity contribution is 5.21. The molecule has 1 saturated heterocycles. The van der Waals surface area contributed by atoms with E-state index in [1.165, 1.54) is 12.5 Å². The van der Waals surface area contributed by atoms with Crippen molar-refractivity contribution in [1.82, 2.24) is 4.90 Å². The molecule has 2 N–H and O–H groups in total. The van der Waals surface area contributed by atoms with Crippen molar-refractivity contribution in [1.29, 1.82) is 0 Å². The molecule has 112 valence electrons. The third-order valence-electron chi connectivity index (χ3n) is 4.37. The van der Waals surface area contributed by atoms with Gasteiger partial charge in [0.25, 0.3) is 0 Å². The molecule has 1 fully saturated rings. The molecule has 1 heterocycles. The Kier molecular flexibility index (Phi) is 5.17. The monoisotopic (exact) mass is 278 g/mol. The fourth-order valence-electron chi connectivity index (χ4n) is 3.51. The summed E-state index contributed by atoms with van der Waals surface area (Å²) in [5.74, 6) is 1.56. The van der Waals surface area contributed by atoms with Crippen LogP contribution >= 0.6 is 0 Å². The van der Waals surface area contributed by atoms with Crippen LogP contribution in [0.1, 0.15) is 38.8 Å². The molecule has 0 bridgehead atoms. The van der Waals surface area contributed by atoms with Crippen molar-refractivity contribution in [3.63, 3.8) is 0 Å². The van der Waals surface area contributed by atoms with Crippen LogP contribution in [0.15, 0.2) is 24.3 Å². The predicted molar refractivity (Wildman–Crippen MR) is 81.9 cm³/mol. The first-order valence-corrected chi connectivity index (χ1v) is 7.69. The molecule has 0 aromatic heterocycles. The maximum absolute atomic E-state index is 13.8. The Balaban J connectivity index is 1.97. The van der Waals surface area contributed by atoms with Crippen LogP contribution in [0.2, 0.25) is 0 Å². The molecule has 20 heavy (non-hydrogen) atoms. The fraction of sp³-hybridized carbons (Fsp3) is 0.647. The molecular weight excluding hydrogens is 251 g/mol. The lowest BCUT2D eigenvalue weighted by molar-refractivity contribution is 0.119. The van der Waals surface area contributed by atoms with Crippen molar-refractivity contribution in [2.24, 2.45) is 23.5 Å². The smallest absolute Gasteiger partial charge is 0.127 e. The van der Waals surface area contributed by atoms with Gasteiger partial charge in [0.15, 0.2) is 0 Å². The van der Waals surface area contributed by atoms with Crippen LogP contribution in [0.3, 0.4) is 0 Å². The van der Waals surface area contributed by atoms with Gasteiger partial charge in [-0.3, -0.25) is 0 Å². The molecule has 4 unspecified atom stereocenters. The molecule has 4 atom stereocenters. The molecule has 2 nitrogen and oxygen atoms in total. The zero-order chi connectivity index (χ0) is 14.7. The Morgan fingerprint density at radius 2 is 1.85 bits per heavy atom. The Morgan fingerprint density at radius 1 is 1.25 bits per heavy atom. The number of likely N-dealkylation sites (tertiary alicyclic amines) is 1. The molecule has 0 amide bonds. The Hall–Kier alpha value is -0.930. The van der Waals surface area contributed by atoms with E-state index in [-0.39, 0.29) is 17.8 Å². The van der Waals surface area contributed by atoms with Crippen molar-refractivity contribution in [3.8, 4) is 0 Å². The lowest BCUT2D eigenvalue weighted by atomic mass is 9.89. The molecule has 1 aliphatic rings. The van der Waals surface area contributed by atoms with Crippen LogP contribution in [-0.4, -0.2) is 24.5 Å². The van der Waals surface area contributed by atoms with Crippen LogP contribution in [-0.2, 0) is 0 Å². The van der Waals surface area contributed by atoms with Crippen molar-refractivity contribution in [3.05, 3.63) is 35.6 Å². The van der Waals surface area contributed by atoms with Crippen LogP contribution in [0.25, 0.3) is 0 Å². The van der Waals surface area contributed by atoms with Gasteiger partial charge < -0.3 is 10.6 Å². The maximum Gasteiger partial charge on any atom is 0.127 e. The second kappa shape index (κ2) is 6.68. The van der Waals surface area contributed by atoms with Gasteiger partial charge in [0.05, 0.1) is 0 Å². The van der Waals surface area contributed by atoms with Gasteiger partial charge in [0.2, 0.25) is 0 Å². The highest BCUT2D eigenvalue weighted by Crippen LogP contribution is 2.26. The number of nitrogens with zero attached hydrogens (tertiary/aromatic N) is 1. The third kappa shape index (κ3) is 3.80. The molecular formula is C17H27FN2. The summed E-state index contributed by atoms with van der Waals surface area (Å²) < 4.78 is 13.8. The summed E-state index contributed by atoms with van der Waals surface area (Å²) in [6, 6.07) is 6.63. The van der Waals surface area contributed by atoms with E-state index < -0.39 is 0 Å². The number of halogens is 1.